The minimum Gasteiger partial charge on any atom is -0.352 e. The van der Waals surface area contributed by atoms with Crippen molar-refractivity contribution in [3.8, 4) is 0 Å². The Bertz CT molecular complexity index is 150. The fourth-order valence-electron chi connectivity index (χ4n) is 0.328. The number of rotatable bonds is 1. The molecule has 0 aromatic carbocycles. The Labute approximate surface area is 73.9 Å². The first kappa shape index (κ1) is 6.98. The quantitative estimate of drug-likeness (QED) is 0.313. The van der Waals surface area contributed by atoms with Gasteiger partial charge in [-0.1, -0.05) is 0 Å². The third kappa shape index (κ3) is 1.43. The molecular weight excluding hydrogens is 334 g/mol. The van der Waals surface area contributed by atoms with Crippen LogP contribution in [-0.2, 0) is 9.53 Å². The highest BCUT2D eigenvalue weighted by atomic mass is 127. The van der Waals surface area contributed by atoms with E-state index in [1.54, 1.807) is 5.94 Å². The number of hydrogen-bond donors (Lipinski definition) is 0. The van der Waals surface area contributed by atoms with Gasteiger partial charge in [0.05, 0.1) is 0 Å². The monoisotopic (exact) mass is 336 g/mol. The van der Waals surface area contributed by atoms with E-state index in [1.807, 2.05) is 22.6 Å². The van der Waals surface area contributed by atoms with Crippen LogP contribution in [0.1, 0.15) is 0 Å². The molecule has 0 aromatic heterocycles. The van der Waals surface area contributed by atoms with Crippen LogP contribution < -0.4 is 0 Å². The standard InChI is InChI=1S/C4H2I2O2/c5-2(1-7)3-4(6)8-3/h3-4H. The predicted octanol–water partition coefficient (Wildman–Crippen LogP) is 1.30. The summed E-state index contributed by atoms with van der Waals surface area (Å²) in [4.78, 5) is 9.88. The Balaban J connectivity index is 2.51. The molecule has 0 N–H and O–H groups in total. The minimum absolute atomic E-state index is 0.0497. The molecule has 0 amide bonds. The molecule has 1 saturated heterocycles. The summed E-state index contributed by atoms with van der Waals surface area (Å²) in [6.07, 6.45) is 0.0497. The van der Waals surface area contributed by atoms with Crippen LogP contribution in [-0.4, -0.2) is 16.2 Å². The highest BCUT2D eigenvalue weighted by Gasteiger charge is 2.39. The minimum atomic E-state index is 0.0497. The lowest BCUT2D eigenvalue weighted by atomic mass is 10.5. The second kappa shape index (κ2) is 2.64. The highest BCUT2D eigenvalue weighted by Crippen LogP contribution is 2.35. The Hall–Kier alpha value is 0.870. The molecule has 0 saturated carbocycles. The van der Waals surface area contributed by atoms with E-state index in [9.17, 15) is 4.79 Å². The average molecular weight is 336 g/mol. The molecule has 0 spiro atoms. The molecule has 1 rings (SSSR count). The molecule has 2 nitrogen and oxygen atoms in total. The topological polar surface area (TPSA) is 29.6 Å². The van der Waals surface area contributed by atoms with E-state index in [-0.39, 0.29) is 10.2 Å². The molecule has 0 bridgehead atoms. The second-order valence-electron chi connectivity index (χ2n) is 1.36. The zero-order chi connectivity index (χ0) is 6.15. The SMILES string of the molecule is O=C=C(I)C1OC1I. The summed E-state index contributed by atoms with van der Waals surface area (Å²) in [6.45, 7) is 0. The first-order valence-electron chi connectivity index (χ1n) is 1.95. The zero-order valence-corrected chi connectivity index (χ0v) is 8.04. The molecule has 2 atom stereocenters. The first-order chi connectivity index (χ1) is 3.75. The number of hydrogen-bond acceptors (Lipinski definition) is 2. The maximum absolute atomic E-state index is 9.88. The van der Waals surface area contributed by atoms with Crippen molar-refractivity contribution < 1.29 is 9.53 Å². The molecule has 0 aromatic rings. The smallest absolute Gasteiger partial charge is 0.141 e. The predicted molar refractivity (Wildman–Crippen MR) is 45.9 cm³/mol. The third-order valence-electron chi connectivity index (χ3n) is 0.785. The fraction of sp³-hybridized carbons (Fsp3) is 0.500. The summed E-state index contributed by atoms with van der Waals surface area (Å²) in [5.41, 5.74) is 0. The van der Waals surface area contributed by atoms with Crippen molar-refractivity contribution in [1.82, 2.24) is 0 Å². The molecular formula is C4H2I2O2. The Morgan fingerprint density at radius 3 is 2.38 bits per heavy atom. The largest absolute Gasteiger partial charge is 0.352 e. The van der Waals surface area contributed by atoms with Gasteiger partial charge in [0, 0.05) is 0 Å². The van der Waals surface area contributed by atoms with Crippen molar-refractivity contribution in [3.63, 3.8) is 0 Å². The van der Waals surface area contributed by atoms with Gasteiger partial charge in [-0.15, -0.1) is 0 Å². The molecule has 4 heteroatoms. The lowest BCUT2D eigenvalue weighted by Crippen LogP contribution is -1.84. The number of epoxide rings is 1. The zero-order valence-electron chi connectivity index (χ0n) is 3.73. The summed E-state index contributed by atoms with van der Waals surface area (Å²) < 4.78 is 5.80. The summed E-state index contributed by atoms with van der Waals surface area (Å²) in [6, 6.07) is 0. The van der Waals surface area contributed by atoms with Crippen LogP contribution in [0.3, 0.4) is 0 Å². The van der Waals surface area contributed by atoms with E-state index in [0.717, 1.165) is 0 Å². The van der Waals surface area contributed by atoms with Gasteiger partial charge in [-0.2, -0.15) is 0 Å². The van der Waals surface area contributed by atoms with Gasteiger partial charge in [-0.3, -0.25) is 0 Å². The van der Waals surface area contributed by atoms with E-state index < -0.39 is 0 Å². The molecule has 1 heterocycles. The molecule has 8 heavy (non-hydrogen) atoms. The fourth-order valence-corrected chi connectivity index (χ4v) is 2.16. The summed E-state index contributed by atoms with van der Waals surface area (Å²) in [5, 5.41) is 0. The summed E-state index contributed by atoms with van der Waals surface area (Å²) in [5.74, 6) is 1.78. The van der Waals surface area contributed by atoms with Crippen molar-refractivity contribution in [1.29, 1.82) is 0 Å². The van der Waals surface area contributed by atoms with Crippen molar-refractivity contribution in [2.24, 2.45) is 0 Å². The Morgan fingerprint density at radius 2 is 2.25 bits per heavy atom. The molecule has 2 unspecified atom stereocenters. The molecule has 44 valence electrons. The van der Waals surface area contributed by atoms with Gasteiger partial charge in [0.15, 0.2) is 0 Å². The van der Waals surface area contributed by atoms with Crippen molar-refractivity contribution in [3.05, 3.63) is 3.58 Å². The van der Waals surface area contributed by atoms with Gasteiger partial charge < -0.3 is 4.74 Å². The van der Waals surface area contributed by atoms with Gasteiger partial charge in [0.25, 0.3) is 0 Å². The number of alkyl halides is 1. The van der Waals surface area contributed by atoms with Crippen LogP contribution in [0.5, 0.6) is 0 Å². The Kier molecular flexibility index (Phi) is 2.30. The molecule has 0 aliphatic carbocycles. The Morgan fingerprint density at radius 1 is 1.75 bits per heavy atom. The summed E-state index contributed by atoms with van der Waals surface area (Å²) in [7, 11) is 0. The second-order valence-corrected chi connectivity index (χ2v) is 3.75. The highest BCUT2D eigenvalue weighted by molar-refractivity contribution is 14.1. The lowest BCUT2D eigenvalue weighted by Gasteiger charge is -1.75. The van der Waals surface area contributed by atoms with Gasteiger partial charge in [0.1, 0.15) is 19.7 Å². The van der Waals surface area contributed by atoms with Crippen LogP contribution in [0.2, 0.25) is 0 Å². The van der Waals surface area contributed by atoms with Gasteiger partial charge >= 0.3 is 0 Å². The number of halogens is 2. The van der Waals surface area contributed by atoms with Crippen LogP contribution in [0, 0.1) is 0 Å². The maximum Gasteiger partial charge on any atom is 0.141 e. The van der Waals surface area contributed by atoms with Crippen LogP contribution in [0.15, 0.2) is 3.58 Å². The van der Waals surface area contributed by atoms with E-state index >= 15 is 0 Å². The molecule has 1 aliphatic rings. The van der Waals surface area contributed by atoms with Crippen LogP contribution in [0.4, 0.5) is 0 Å². The van der Waals surface area contributed by atoms with Gasteiger partial charge in [0.2, 0.25) is 0 Å². The maximum atomic E-state index is 9.88. The van der Waals surface area contributed by atoms with Crippen molar-refractivity contribution in [2.75, 3.05) is 0 Å². The van der Waals surface area contributed by atoms with Crippen molar-refractivity contribution in [2.45, 2.75) is 10.2 Å². The molecule has 1 aliphatic heterocycles. The molecule has 0 radical (unpaired) electrons. The van der Waals surface area contributed by atoms with Crippen molar-refractivity contribution >= 4 is 51.1 Å². The average Bonchev–Trinajstić information content (AvgIpc) is 2.45. The molecule has 1 fully saturated rings. The lowest BCUT2D eigenvalue weighted by molar-refractivity contribution is 0.433. The van der Waals surface area contributed by atoms with E-state index in [0.29, 0.717) is 3.58 Å². The third-order valence-corrected chi connectivity index (χ3v) is 2.57. The van der Waals surface area contributed by atoms with Gasteiger partial charge in [-0.05, 0) is 45.2 Å². The normalized spacial score (nSPS) is 33.8. The van der Waals surface area contributed by atoms with Crippen LogP contribution >= 0.6 is 45.2 Å². The van der Waals surface area contributed by atoms with Gasteiger partial charge in [-0.25, -0.2) is 4.79 Å². The number of ether oxygens (including phenoxy) is 1. The first-order valence-corrected chi connectivity index (χ1v) is 4.28. The number of carbonyl (C=O) groups excluding carboxylic acids is 1. The van der Waals surface area contributed by atoms with E-state index in [4.69, 9.17) is 4.74 Å². The van der Waals surface area contributed by atoms with Crippen LogP contribution in [0.25, 0.3) is 0 Å². The van der Waals surface area contributed by atoms with E-state index in [1.165, 1.54) is 0 Å². The summed E-state index contributed by atoms with van der Waals surface area (Å²) >= 11 is 4.06. The van der Waals surface area contributed by atoms with E-state index in [2.05, 4.69) is 22.6 Å².